The van der Waals surface area contributed by atoms with Crippen molar-refractivity contribution in [1.29, 1.82) is 0 Å². The van der Waals surface area contributed by atoms with Crippen LogP contribution in [-0.2, 0) is 0 Å². The third kappa shape index (κ3) is 7.04. The number of aromatic nitrogens is 2. The molecule has 3 aromatic carbocycles. The van der Waals surface area contributed by atoms with Crippen LogP contribution in [0.4, 0.5) is 33.2 Å². The molecule has 0 atom stereocenters. The van der Waals surface area contributed by atoms with Crippen molar-refractivity contribution in [3.05, 3.63) is 83.2 Å². The highest BCUT2D eigenvalue weighted by atomic mass is 79.9. The van der Waals surface area contributed by atoms with Gasteiger partial charge in [-0.3, -0.25) is 4.90 Å². The standard InChI is InChI=1S/C30H32BrFN6O/c1-37(2)25-12-5-21(6-13-25)26-14-11-24(19-28(26)39-18-17-38-15-3-4-16-38)35-30-33-20-27(31)29(36-30)34-23-9-7-22(32)8-10-23/h5-14,19-20H,3-4,15-18H2,1-2H3,(H2,33,34,35,36). The number of ether oxygens (including phenoxy) is 1. The molecule has 0 radical (unpaired) electrons. The Hall–Kier alpha value is -3.69. The van der Waals surface area contributed by atoms with Gasteiger partial charge in [-0.25, -0.2) is 9.37 Å². The van der Waals surface area contributed by atoms with Crippen molar-refractivity contribution in [3.63, 3.8) is 0 Å². The highest BCUT2D eigenvalue weighted by molar-refractivity contribution is 9.10. The summed E-state index contributed by atoms with van der Waals surface area (Å²) >= 11 is 3.49. The molecule has 39 heavy (non-hydrogen) atoms. The largest absolute Gasteiger partial charge is 0.492 e. The molecule has 0 spiro atoms. The van der Waals surface area contributed by atoms with Crippen molar-refractivity contribution in [1.82, 2.24) is 14.9 Å². The maximum Gasteiger partial charge on any atom is 0.229 e. The third-order valence-electron chi connectivity index (χ3n) is 6.65. The van der Waals surface area contributed by atoms with Crippen LogP contribution in [0, 0.1) is 5.82 Å². The molecule has 2 N–H and O–H groups in total. The summed E-state index contributed by atoms with van der Waals surface area (Å²) < 4.78 is 20.4. The summed E-state index contributed by atoms with van der Waals surface area (Å²) in [5, 5.41) is 6.50. The van der Waals surface area contributed by atoms with E-state index in [0.29, 0.717) is 22.8 Å². The van der Waals surface area contributed by atoms with Gasteiger partial charge < -0.3 is 20.3 Å². The second kappa shape index (κ2) is 12.4. The van der Waals surface area contributed by atoms with Crippen LogP contribution in [0.25, 0.3) is 11.1 Å². The highest BCUT2D eigenvalue weighted by Crippen LogP contribution is 2.35. The average molecular weight is 592 g/mol. The fraction of sp³-hybridized carbons (Fsp3) is 0.267. The third-order valence-corrected chi connectivity index (χ3v) is 7.23. The zero-order valence-corrected chi connectivity index (χ0v) is 23.7. The number of benzene rings is 3. The van der Waals surface area contributed by atoms with Gasteiger partial charge in [0.15, 0.2) is 0 Å². The number of likely N-dealkylation sites (tertiary alicyclic amines) is 1. The zero-order chi connectivity index (χ0) is 27.2. The molecule has 1 aromatic heterocycles. The van der Waals surface area contributed by atoms with Gasteiger partial charge in [0.25, 0.3) is 0 Å². The Morgan fingerprint density at radius 1 is 0.949 bits per heavy atom. The molecule has 1 aliphatic heterocycles. The molecule has 1 fully saturated rings. The van der Waals surface area contributed by atoms with Crippen molar-refractivity contribution in [2.45, 2.75) is 12.8 Å². The average Bonchev–Trinajstić information content (AvgIpc) is 3.46. The van der Waals surface area contributed by atoms with Crippen LogP contribution in [-0.4, -0.2) is 55.2 Å². The smallest absolute Gasteiger partial charge is 0.229 e. The number of hydrogen-bond acceptors (Lipinski definition) is 7. The van der Waals surface area contributed by atoms with Crippen molar-refractivity contribution in [2.24, 2.45) is 0 Å². The number of nitrogens with zero attached hydrogens (tertiary/aromatic N) is 4. The Labute approximate surface area is 237 Å². The van der Waals surface area contributed by atoms with E-state index in [2.05, 4.69) is 76.7 Å². The highest BCUT2D eigenvalue weighted by Gasteiger charge is 2.14. The molecule has 0 amide bonds. The van der Waals surface area contributed by atoms with E-state index >= 15 is 0 Å². The molecular formula is C30H32BrFN6O. The van der Waals surface area contributed by atoms with Gasteiger partial charge in [0.1, 0.15) is 24.0 Å². The van der Waals surface area contributed by atoms with Crippen LogP contribution < -0.4 is 20.3 Å². The van der Waals surface area contributed by atoms with Gasteiger partial charge >= 0.3 is 0 Å². The first-order valence-electron chi connectivity index (χ1n) is 13.0. The molecule has 5 rings (SSSR count). The Balaban J connectivity index is 1.37. The molecule has 1 aliphatic rings. The molecule has 4 aromatic rings. The Bertz CT molecular complexity index is 1390. The van der Waals surface area contributed by atoms with E-state index in [1.165, 1.54) is 25.0 Å². The lowest BCUT2D eigenvalue weighted by Gasteiger charge is -2.18. The van der Waals surface area contributed by atoms with Crippen LogP contribution in [0.15, 0.2) is 77.4 Å². The van der Waals surface area contributed by atoms with Gasteiger partial charge in [0.05, 0.1) is 4.47 Å². The van der Waals surface area contributed by atoms with E-state index in [-0.39, 0.29) is 5.82 Å². The first-order chi connectivity index (χ1) is 18.9. The molecule has 0 bridgehead atoms. The monoisotopic (exact) mass is 590 g/mol. The van der Waals surface area contributed by atoms with Crippen molar-refractivity contribution < 1.29 is 9.13 Å². The number of nitrogens with one attached hydrogen (secondary N) is 2. The summed E-state index contributed by atoms with van der Waals surface area (Å²) in [5.41, 5.74) is 4.80. The van der Waals surface area contributed by atoms with Crippen LogP contribution in [0.3, 0.4) is 0 Å². The maximum absolute atomic E-state index is 13.3. The second-order valence-electron chi connectivity index (χ2n) is 9.70. The maximum atomic E-state index is 13.3. The molecule has 0 saturated carbocycles. The normalized spacial score (nSPS) is 13.3. The van der Waals surface area contributed by atoms with Gasteiger partial charge in [-0.2, -0.15) is 4.98 Å². The minimum Gasteiger partial charge on any atom is -0.492 e. The van der Waals surface area contributed by atoms with E-state index in [1.807, 2.05) is 26.2 Å². The van der Waals surface area contributed by atoms with Crippen LogP contribution in [0.1, 0.15) is 12.8 Å². The number of hydrogen-bond donors (Lipinski definition) is 2. The van der Waals surface area contributed by atoms with E-state index < -0.39 is 0 Å². The summed E-state index contributed by atoms with van der Waals surface area (Å²) in [6, 6.07) is 20.6. The molecular weight excluding hydrogens is 559 g/mol. The minimum atomic E-state index is -0.291. The summed E-state index contributed by atoms with van der Waals surface area (Å²) in [7, 11) is 4.07. The van der Waals surface area contributed by atoms with E-state index in [4.69, 9.17) is 4.74 Å². The molecule has 202 valence electrons. The predicted octanol–water partition coefficient (Wildman–Crippen LogP) is 7.07. The Morgan fingerprint density at radius 3 is 2.38 bits per heavy atom. The molecule has 0 aliphatic carbocycles. The van der Waals surface area contributed by atoms with E-state index in [1.54, 1.807) is 18.3 Å². The van der Waals surface area contributed by atoms with Crippen molar-refractivity contribution in [2.75, 3.05) is 55.9 Å². The quantitative estimate of drug-likeness (QED) is 0.205. The summed E-state index contributed by atoms with van der Waals surface area (Å²) in [6.07, 6.45) is 4.19. The Kier molecular flexibility index (Phi) is 8.58. The molecule has 9 heteroatoms. The van der Waals surface area contributed by atoms with Crippen molar-refractivity contribution >= 4 is 44.8 Å². The molecule has 0 unspecified atom stereocenters. The van der Waals surface area contributed by atoms with Gasteiger partial charge in [0, 0.05) is 55.5 Å². The molecule has 7 nitrogen and oxygen atoms in total. The minimum absolute atomic E-state index is 0.291. The molecule has 1 saturated heterocycles. The van der Waals surface area contributed by atoms with Crippen molar-refractivity contribution in [3.8, 4) is 16.9 Å². The van der Waals surface area contributed by atoms with Gasteiger partial charge in [-0.15, -0.1) is 0 Å². The molecule has 2 heterocycles. The topological polar surface area (TPSA) is 65.5 Å². The van der Waals surface area contributed by atoms with Crippen LogP contribution >= 0.6 is 15.9 Å². The first-order valence-corrected chi connectivity index (χ1v) is 13.8. The van der Waals surface area contributed by atoms with Crippen LogP contribution in [0.5, 0.6) is 5.75 Å². The SMILES string of the molecule is CN(C)c1ccc(-c2ccc(Nc3ncc(Br)c(Nc4ccc(F)cc4)n3)cc2OCCN2CCCC2)cc1. The van der Waals surface area contributed by atoms with E-state index in [0.717, 1.165) is 53.6 Å². The van der Waals surface area contributed by atoms with Crippen LogP contribution in [0.2, 0.25) is 0 Å². The Morgan fingerprint density at radius 2 is 1.67 bits per heavy atom. The number of halogens is 2. The first kappa shape index (κ1) is 26.9. The van der Waals surface area contributed by atoms with Gasteiger partial charge in [-0.05, 0) is 96.0 Å². The summed E-state index contributed by atoms with van der Waals surface area (Å²) in [6.45, 7) is 3.80. The fourth-order valence-corrected chi connectivity index (χ4v) is 4.79. The van der Waals surface area contributed by atoms with Gasteiger partial charge in [0.2, 0.25) is 5.95 Å². The lowest BCUT2D eigenvalue weighted by molar-refractivity contribution is 0.238. The fourth-order valence-electron chi connectivity index (χ4n) is 4.50. The van der Waals surface area contributed by atoms with Gasteiger partial charge in [-0.1, -0.05) is 12.1 Å². The lowest BCUT2D eigenvalue weighted by Crippen LogP contribution is -2.25. The summed E-state index contributed by atoms with van der Waals surface area (Å²) in [5.74, 6) is 1.51. The lowest BCUT2D eigenvalue weighted by atomic mass is 10.0. The second-order valence-corrected chi connectivity index (χ2v) is 10.6. The predicted molar refractivity (Wildman–Crippen MR) is 160 cm³/mol. The number of anilines is 5. The number of rotatable bonds is 10. The summed E-state index contributed by atoms with van der Waals surface area (Å²) in [4.78, 5) is 13.6. The van der Waals surface area contributed by atoms with E-state index in [9.17, 15) is 4.39 Å². The zero-order valence-electron chi connectivity index (χ0n) is 22.1.